The molecule has 3 fully saturated rings. The van der Waals surface area contributed by atoms with Crippen LogP contribution in [0.1, 0.15) is 96.6 Å². The molecule has 4 nitrogen and oxygen atoms in total. The topological polar surface area (TPSA) is 36.4 Å². The molecule has 0 bridgehead atoms. The number of benzene rings is 1. The SMILES string of the molecule is CC1CC(c2cccc(N3Cc4c(cc(CN5CCCCC5)nc4C4CC4)C3=O)c2)C1. The molecule has 4 aliphatic rings. The molecule has 0 radical (unpaired) electrons. The van der Waals surface area contributed by atoms with E-state index in [-0.39, 0.29) is 5.91 Å². The fourth-order valence-electron chi connectivity index (χ4n) is 5.83. The van der Waals surface area contributed by atoms with Gasteiger partial charge in [0.25, 0.3) is 5.91 Å². The van der Waals surface area contributed by atoms with E-state index in [1.165, 1.54) is 61.8 Å². The number of anilines is 1. The smallest absolute Gasteiger partial charge is 0.259 e. The number of carbonyl (C=O) groups is 1. The van der Waals surface area contributed by atoms with Crippen LogP contribution in [0.3, 0.4) is 0 Å². The van der Waals surface area contributed by atoms with E-state index in [4.69, 9.17) is 4.98 Å². The minimum absolute atomic E-state index is 0.165. The molecule has 3 heterocycles. The number of rotatable bonds is 5. The first-order chi connectivity index (χ1) is 15.2. The molecule has 0 spiro atoms. The monoisotopic (exact) mass is 415 g/mol. The second-order valence-electron chi connectivity index (χ2n) is 10.4. The molecule has 1 aromatic heterocycles. The van der Waals surface area contributed by atoms with Crippen molar-refractivity contribution in [3.05, 3.63) is 58.4 Å². The summed E-state index contributed by atoms with van der Waals surface area (Å²) in [5.74, 6) is 2.22. The minimum Gasteiger partial charge on any atom is -0.304 e. The van der Waals surface area contributed by atoms with E-state index in [2.05, 4.69) is 42.2 Å². The first-order valence-corrected chi connectivity index (χ1v) is 12.3. The first-order valence-electron chi connectivity index (χ1n) is 12.3. The maximum Gasteiger partial charge on any atom is 0.259 e. The summed E-state index contributed by atoms with van der Waals surface area (Å²) in [6.45, 7) is 6.21. The Hall–Kier alpha value is -2.20. The third-order valence-electron chi connectivity index (χ3n) is 7.83. The van der Waals surface area contributed by atoms with Gasteiger partial charge in [0.15, 0.2) is 0 Å². The van der Waals surface area contributed by atoms with E-state index >= 15 is 0 Å². The van der Waals surface area contributed by atoms with E-state index in [1.54, 1.807) is 0 Å². The molecule has 2 saturated carbocycles. The van der Waals surface area contributed by atoms with Gasteiger partial charge in [-0.3, -0.25) is 14.7 Å². The van der Waals surface area contributed by atoms with Gasteiger partial charge in [-0.25, -0.2) is 0 Å². The number of hydrogen-bond acceptors (Lipinski definition) is 3. The lowest BCUT2D eigenvalue weighted by molar-refractivity contribution is 0.0996. The predicted molar refractivity (Wildman–Crippen MR) is 123 cm³/mol. The van der Waals surface area contributed by atoms with Gasteiger partial charge < -0.3 is 4.90 Å². The molecule has 2 aliphatic carbocycles. The summed E-state index contributed by atoms with van der Waals surface area (Å²) in [6, 6.07) is 10.8. The fourth-order valence-corrected chi connectivity index (χ4v) is 5.83. The predicted octanol–water partition coefficient (Wildman–Crippen LogP) is 5.62. The molecule has 0 N–H and O–H groups in total. The maximum atomic E-state index is 13.5. The number of amides is 1. The van der Waals surface area contributed by atoms with Crippen molar-refractivity contribution in [3.63, 3.8) is 0 Å². The van der Waals surface area contributed by atoms with Crippen molar-refractivity contribution >= 4 is 11.6 Å². The molecule has 162 valence electrons. The number of aromatic nitrogens is 1. The standard InChI is InChI=1S/C27H33N3O/c1-18-12-21(13-18)20-6-5-7-23(14-20)30-17-25-24(27(30)31)15-22(28-26(25)19-8-9-19)16-29-10-3-2-4-11-29/h5-7,14-15,18-19,21H,2-4,8-13,16-17H2,1H3. The molecule has 0 unspecified atom stereocenters. The molecule has 2 aromatic rings. The number of pyridine rings is 1. The lowest BCUT2D eigenvalue weighted by Gasteiger charge is -2.33. The second kappa shape index (κ2) is 7.74. The summed E-state index contributed by atoms with van der Waals surface area (Å²) >= 11 is 0. The van der Waals surface area contributed by atoms with E-state index in [0.717, 1.165) is 42.5 Å². The number of likely N-dealkylation sites (tertiary alicyclic amines) is 1. The summed E-state index contributed by atoms with van der Waals surface area (Å²) in [4.78, 5) is 23.2. The van der Waals surface area contributed by atoms with Crippen molar-refractivity contribution in [2.45, 2.75) is 76.8 Å². The van der Waals surface area contributed by atoms with Crippen LogP contribution in [-0.4, -0.2) is 28.9 Å². The van der Waals surface area contributed by atoms with Crippen molar-refractivity contribution in [1.29, 1.82) is 0 Å². The Morgan fingerprint density at radius 2 is 1.84 bits per heavy atom. The lowest BCUT2D eigenvalue weighted by Crippen LogP contribution is -2.29. The summed E-state index contributed by atoms with van der Waals surface area (Å²) in [6.07, 6.45) is 8.88. The van der Waals surface area contributed by atoms with Crippen LogP contribution in [0.2, 0.25) is 0 Å². The zero-order valence-electron chi connectivity index (χ0n) is 18.6. The van der Waals surface area contributed by atoms with Crippen molar-refractivity contribution in [2.24, 2.45) is 5.92 Å². The largest absolute Gasteiger partial charge is 0.304 e. The van der Waals surface area contributed by atoms with Crippen LogP contribution in [0.25, 0.3) is 0 Å². The molecular formula is C27H33N3O. The first kappa shape index (κ1) is 19.5. The fraction of sp³-hybridized carbons (Fsp3) is 0.556. The third-order valence-corrected chi connectivity index (χ3v) is 7.83. The van der Waals surface area contributed by atoms with Gasteiger partial charge in [0.05, 0.1) is 12.2 Å². The van der Waals surface area contributed by atoms with Crippen molar-refractivity contribution in [2.75, 3.05) is 18.0 Å². The highest BCUT2D eigenvalue weighted by molar-refractivity contribution is 6.10. The Labute approximate surface area is 185 Å². The van der Waals surface area contributed by atoms with Crippen LogP contribution in [0.15, 0.2) is 30.3 Å². The van der Waals surface area contributed by atoms with Crippen molar-refractivity contribution in [1.82, 2.24) is 9.88 Å². The summed E-state index contributed by atoms with van der Waals surface area (Å²) in [5.41, 5.74) is 6.85. The molecule has 6 rings (SSSR count). The van der Waals surface area contributed by atoms with Gasteiger partial charge in [-0.1, -0.05) is 25.5 Å². The number of hydrogen-bond donors (Lipinski definition) is 0. The Morgan fingerprint density at radius 3 is 2.58 bits per heavy atom. The average molecular weight is 416 g/mol. The van der Waals surface area contributed by atoms with Gasteiger partial charge >= 0.3 is 0 Å². The molecule has 1 saturated heterocycles. The molecule has 1 aromatic carbocycles. The third kappa shape index (κ3) is 3.69. The lowest BCUT2D eigenvalue weighted by atomic mass is 9.72. The van der Waals surface area contributed by atoms with Crippen LogP contribution >= 0.6 is 0 Å². The number of piperidine rings is 1. The van der Waals surface area contributed by atoms with Crippen LogP contribution in [0, 0.1) is 5.92 Å². The van der Waals surface area contributed by atoms with E-state index in [1.807, 2.05) is 4.90 Å². The summed E-state index contributed by atoms with van der Waals surface area (Å²) < 4.78 is 0. The van der Waals surface area contributed by atoms with Gasteiger partial charge in [-0.2, -0.15) is 0 Å². The number of nitrogens with zero attached hydrogens (tertiary/aromatic N) is 3. The van der Waals surface area contributed by atoms with Gasteiger partial charge in [0.2, 0.25) is 0 Å². The zero-order chi connectivity index (χ0) is 20.9. The van der Waals surface area contributed by atoms with E-state index < -0.39 is 0 Å². The highest BCUT2D eigenvalue weighted by Gasteiger charge is 2.37. The Bertz CT molecular complexity index is 1000. The van der Waals surface area contributed by atoms with Gasteiger partial charge in [0, 0.05) is 35.0 Å². The van der Waals surface area contributed by atoms with Crippen molar-refractivity contribution < 1.29 is 4.79 Å². The highest BCUT2D eigenvalue weighted by atomic mass is 16.2. The van der Waals surface area contributed by atoms with E-state index in [0.29, 0.717) is 18.4 Å². The normalized spacial score (nSPS) is 26.1. The second-order valence-corrected chi connectivity index (χ2v) is 10.4. The minimum atomic E-state index is 0.165. The van der Waals surface area contributed by atoms with Gasteiger partial charge in [-0.15, -0.1) is 0 Å². The Balaban J connectivity index is 1.29. The van der Waals surface area contributed by atoms with E-state index in [9.17, 15) is 4.79 Å². The summed E-state index contributed by atoms with van der Waals surface area (Å²) in [7, 11) is 0. The van der Waals surface area contributed by atoms with Crippen LogP contribution in [0.4, 0.5) is 5.69 Å². The number of carbonyl (C=O) groups excluding carboxylic acids is 1. The number of fused-ring (bicyclic) bond motifs is 1. The van der Waals surface area contributed by atoms with Crippen LogP contribution < -0.4 is 4.90 Å². The molecule has 31 heavy (non-hydrogen) atoms. The molecule has 1 amide bonds. The van der Waals surface area contributed by atoms with Crippen LogP contribution in [0.5, 0.6) is 0 Å². The Kier molecular flexibility index (Phi) is 4.86. The maximum absolute atomic E-state index is 13.5. The summed E-state index contributed by atoms with van der Waals surface area (Å²) in [5, 5.41) is 0. The highest BCUT2D eigenvalue weighted by Crippen LogP contribution is 2.45. The Morgan fingerprint density at radius 1 is 1.03 bits per heavy atom. The zero-order valence-corrected chi connectivity index (χ0v) is 18.6. The molecular weight excluding hydrogens is 382 g/mol. The molecule has 0 atom stereocenters. The van der Waals surface area contributed by atoms with Gasteiger partial charge in [0.1, 0.15) is 0 Å². The molecule has 2 aliphatic heterocycles. The average Bonchev–Trinajstić information content (AvgIpc) is 3.56. The quantitative estimate of drug-likeness (QED) is 0.636. The van der Waals surface area contributed by atoms with Gasteiger partial charge in [-0.05, 0) is 87.2 Å². The van der Waals surface area contributed by atoms with Crippen LogP contribution in [-0.2, 0) is 13.1 Å². The molecule has 4 heteroatoms. The van der Waals surface area contributed by atoms with Crippen molar-refractivity contribution in [3.8, 4) is 0 Å².